The van der Waals surface area contributed by atoms with Crippen molar-refractivity contribution in [1.29, 1.82) is 5.26 Å². The van der Waals surface area contributed by atoms with Crippen molar-refractivity contribution in [3.05, 3.63) is 0 Å². The average Bonchev–Trinajstić information content (AvgIpc) is 1.97. The van der Waals surface area contributed by atoms with Gasteiger partial charge in [0, 0.05) is 13.0 Å². The van der Waals surface area contributed by atoms with Gasteiger partial charge in [-0.2, -0.15) is 5.26 Å². The zero-order chi connectivity index (χ0) is 8.69. The highest BCUT2D eigenvalue weighted by molar-refractivity contribution is 5.73. The van der Waals surface area contributed by atoms with Crippen molar-refractivity contribution in [2.75, 3.05) is 13.2 Å². The van der Waals surface area contributed by atoms with Crippen LogP contribution >= 0.6 is 0 Å². The number of aliphatic carboxylic acids is 1. The van der Waals surface area contributed by atoms with Crippen molar-refractivity contribution in [2.24, 2.45) is 0 Å². The normalized spacial score (nSPS) is 12.0. The van der Waals surface area contributed by atoms with Crippen LogP contribution in [0.25, 0.3) is 0 Å². The van der Waals surface area contributed by atoms with Gasteiger partial charge in [0.1, 0.15) is 6.04 Å². The van der Waals surface area contributed by atoms with Crippen LogP contribution in [-0.2, 0) is 4.79 Å². The molecule has 0 aromatic carbocycles. The first-order chi connectivity index (χ1) is 5.22. The zero-order valence-corrected chi connectivity index (χ0v) is 5.95. The largest absolute Gasteiger partial charge is 0.480 e. The van der Waals surface area contributed by atoms with Gasteiger partial charge in [-0.25, -0.2) is 0 Å². The summed E-state index contributed by atoms with van der Waals surface area (Å²) >= 11 is 0. The number of carboxylic acid groups (broad SMARTS) is 1. The van der Waals surface area contributed by atoms with Crippen molar-refractivity contribution in [3.8, 4) is 6.07 Å². The number of hydrogen-bond acceptors (Lipinski definition) is 4. The van der Waals surface area contributed by atoms with Gasteiger partial charge in [0.2, 0.25) is 0 Å². The molecule has 0 fully saturated rings. The molecule has 5 heteroatoms. The van der Waals surface area contributed by atoms with Crippen LogP contribution in [0.1, 0.15) is 6.42 Å². The lowest BCUT2D eigenvalue weighted by Gasteiger charge is -2.08. The Hall–Kier alpha value is -1.12. The molecule has 5 nitrogen and oxygen atoms in total. The zero-order valence-electron chi connectivity index (χ0n) is 5.95. The van der Waals surface area contributed by atoms with Gasteiger partial charge in [-0.3, -0.25) is 4.79 Å². The van der Waals surface area contributed by atoms with E-state index < -0.39 is 18.6 Å². The van der Waals surface area contributed by atoms with Gasteiger partial charge in [0.05, 0.1) is 12.7 Å². The highest BCUT2D eigenvalue weighted by atomic mass is 16.4. The molecule has 0 bridgehead atoms. The van der Waals surface area contributed by atoms with E-state index in [0.29, 0.717) is 0 Å². The van der Waals surface area contributed by atoms with E-state index in [1.807, 2.05) is 6.07 Å². The van der Waals surface area contributed by atoms with E-state index in [0.717, 1.165) is 0 Å². The molecule has 0 saturated carbocycles. The maximum absolute atomic E-state index is 10.2. The lowest BCUT2D eigenvalue weighted by atomic mass is 10.3. The van der Waals surface area contributed by atoms with Crippen LogP contribution in [-0.4, -0.2) is 35.4 Å². The molecule has 0 aromatic heterocycles. The minimum Gasteiger partial charge on any atom is -0.480 e. The van der Waals surface area contributed by atoms with Crippen LogP contribution < -0.4 is 5.32 Å². The van der Waals surface area contributed by atoms with Gasteiger partial charge in [-0.1, -0.05) is 0 Å². The molecule has 0 unspecified atom stereocenters. The second kappa shape index (κ2) is 5.65. The fourth-order valence-electron chi connectivity index (χ4n) is 0.532. The van der Waals surface area contributed by atoms with E-state index in [9.17, 15) is 4.79 Å². The first-order valence-corrected chi connectivity index (χ1v) is 3.16. The third kappa shape index (κ3) is 4.31. The molecule has 62 valence electrons. The lowest BCUT2D eigenvalue weighted by Crippen LogP contribution is -2.40. The van der Waals surface area contributed by atoms with Crippen molar-refractivity contribution in [1.82, 2.24) is 5.32 Å². The number of rotatable bonds is 5. The fraction of sp³-hybridized carbons (Fsp3) is 0.667. The standard InChI is InChI=1S/C6H10N2O3/c7-2-1-3-8-5(4-9)6(10)11/h5,8-9H,1,3-4H2,(H,10,11)/t5-/m1/s1. The van der Waals surface area contributed by atoms with Crippen molar-refractivity contribution < 1.29 is 15.0 Å². The highest BCUT2D eigenvalue weighted by Crippen LogP contribution is 1.82. The molecule has 0 amide bonds. The first kappa shape index (κ1) is 9.88. The smallest absolute Gasteiger partial charge is 0.323 e. The summed E-state index contributed by atoms with van der Waals surface area (Å²) in [6, 6.07) is 0.894. The van der Waals surface area contributed by atoms with E-state index in [-0.39, 0.29) is 13.0 Å². The topological polar surface area (TPSA) is 93.4 Å². The minimum absolute atomic E-state index is 0.240. The Bertz CT molecular complexity index is 164. The van der Waals surface area contributed by atoms with E-state index in [2.05, 4.69) is 5.32 Å². The second-order valence-corrected chi connectivity index (χ2v) is 1.94. The van der Waals surface area contributed by atoms with E-state index in [1.54, 1.807) is 0 Å². The quantitative estimate of drug-likeness (QED) is 0.443. The molecule has 0 rings (SSSR count). The number of nitriles is 1. The predicted molar refractivity (Wildman–Crippen MR) is 36.7 cm³/mol. The summed E-state index contributed by atoms with van der Waals surface area (Å²) in [5.74, 6) is -1.11. The third-order valence-electron chi connectivity index (χ3n) is 1.11. The Balaban J connectivity index is 3.54. The Morgan fingerprint density at radius 1 is 1.73 bits per heavy atom. The Morgan fingerprint density at radius 3 is 2.73 bits per heavy atom. The SMILES string of the molecule is N#CCCN[C@H](CO)C(=O)O. The Labute approximate surface area is 64.3 Å². The number of aliphatic hydroxyl groups excluding tert-OH is 1. The number of aliphatic hydroxyl groups is 1. The monoisotopic (exact) mass is 158 g/mol. The van der Waals surface area contributed by atoms with Gasteiger partial charge >= 0.3 is 5.97 Å². The number of nitrogens with zero attached hydrogens (tertiary/aromatic N) is 1. The van der Waals surface area contributed by atoms with Crippen molar-refractivity contribution >= 4 is 5.97 Å². The van der Waals surface area contributed by atoms with Gasteiger partial charge in [-0.05, 0) is 0 Å². The summed E-state index contributed by atoms with van der Waals surface area (Å²) in [7, 11) is 0. The molecule has 0 heterocycles. The van der Waals surface area contributed by atoms with Crippen molar-refractivity contribution in [3.63, 3.8) is 0 Å². The van der Waals surface area contributed by atoms with Crippen LogP contribution in [0.5, 0.6) is 0 Å². The van der Waals surface area contributed by atoms with Gasteiger partial charge < -0.3 is 15.5 Å². The van der Waals surface area contributed by atoms with Crippen LogP contribution in [0, 0.1) is 11.3 Å². The summed E-state index contributed by atoms with van der Waals surface area (Å²) in [5.41, 5.74) is 0. The Morgan fingerprint density at radius 2 is 2.36 bits per heavy atom. The molecule has 0 radical (unpaired) electrons. The molecule has 0 saturated heterocycles. The van der Waals surface area contributed by atoms with Gasteiger partial charge in [0.15, 0.2) is 0 Å². The average molecular weight is 158 g/mol. The lowest BCUT2D eigenvalue weighted by molar-refractivity contribution is -0.140. The molecular formula is C6H10N2O3. The van der Waals surface area contributed by atoms with Crippen LogP contribution in [0.2, 0.25) is 0 Å². The maximum Gasteiger partial charge on any atom is 0.323 e. The van der Waals surface area contributed by atoms with Crippen molar-refractivity contribution in [2.45, 2.75) is 12.5 Å². The molecule has 1 atom stereocenters. The van der Waals surface area contributed by atoms with Crippen LogP contribution in [0.15, 0.2) is 0 Å². The molecular weight excluding hydrogens is 148 g/mol. The summed E-state index contributed by atoms with van der Waals surface area (Å²) in [4.78, 5) is 10.2. The molecule has 0 aromatic rings. The molecule has 0 aliphatic rings. The first-order valence-electron chi connectivity index (χ1n) is 3.16. The number of carboxylic acids is 1. The van der Waals surface area contributed by atoms with Crippen LogP contribution in [0.3, 0.4) is 0 Å². The predicted octanol–water partition coefficient (Wildman–Crippen LogP) is -1.06. The Kier molecular flexibility index (Phi) is 5.07. The molecule has 0 aliphatic carbocycles. The minimum atomic E-state index is -1.11. The second-order valence-electron chi connectivity index (χ2n) is 1.94. The van der Waals surface area contributed by atoms with E-state index in [4.69, 9.17) is 15.5 Å². The maximum atomic E-state index is 10.2. The van der Waals surface area contributed by atoms with Gasteiger partial charge in [-0.15, -0.1) is 0 Å². The molecule has 11 heavy (non-hydrogen) atoms. The molecule has 0 aliphatic heterocycles. The fourth-order valence-corrected chi connectivity index (χ4v) is 0.532. The van der Waals surface area contributed by atoms with Crippen LogP contribution in [0.4, 0.5) is 0 Å². The number of hydrogen-bond donors (Lipinski definition) is 3. The third-order valence-corrected chi connectivity index (χ3v) is 1.11. The summed E-state index contributed by atoms with van der Waals surface area (Å²) in [6.07, 6.45) is 0.240. The molecule has 3 N–H and O–H groups in total. The highest BCUT2D eigenvalue weighted by Gasteiger charge is 2.13. The van der Waals surface area contributed by atoms with Gasteiger partial charge in [0.25, 0.3) is 0 Å². The molecule has 0 spiro atoms. The summed E-state index contributed by atoms with van der Waals surface area (Å²) < 4.78 is 0. The van der Waals surface area contributed by atoms with E-state index >= 15 is 0 Å². The summed E-state index contributed by atoms with van der Waals surface area (Å²) in [6.45, 7) is -0.172. The summed E-state index contributed by atoms with van der Waals surface area (Å²) in [5, 5.41) is 27.4. The number of carbonyl (C=O) groups is 1. The van der Waals surface area contributed by atoms with E-state index in [1.165, 1.54) is 0 Å². The number of nitrogens with one attached hydrogen (secondary N) is 1.